The van der Waals surface area contributed by atoms with Gasteiger partial charge in [0.25, 0.3) is 0 Å². The highest BCUT2D eigenvalue weighted by Crippen LogP contribution is 2.26. The van der Waals surface area contributed by atoms with Crippen LogP contribution >= 0.6 is 11.6 Å². The van der Waals surface area contributed by atoms with Crippen molar-refractivity contribution in [1.82, 2.24) is 0 Å². The highest BCUT2D eigenvalue weighted by Gasteiger charge is 2.13. The van der Waals surface area contributed by atoms with Gasteiger partial charge in [-0.15, -0.1) is 11.6 Å². The van der Waals surface area contributed by atoms with Crippen molar-refractivity contribution in [2.75, 3.05) is 5.88 Å². The van der Waals surface area contributed by atoms with E-state index in [2.05, 4.69) is 50.6 Å². The van der Waals surface area contributed by atoms with Crippen LogP contribution in [0.5, 0.6) is 0 Å². The van der Waals surface area contributed by atoms with E-state index in [1.165, 1.54) is 5.57 Å². The molecular weight excluding hydrogens is 230 g/mol. The smallest absolute Gasteiger partial charge is 0.0647 e. The summed E-state index contributed by atoms with van der Waals surface area (Å²) in [4.78, 5) is 4.47. The van der Waals surface area contributed by atoms with Gasteiger partial charge in [0.2, 0.25) is 0 Å². The van der Waals surface area contributed by atoms with Crippen molar-refractivity contribution >= 4 is 17.3 Å². The van der Waals surface area contributed by atoms with E-state index in [0.717, 1.165) is 17.8 Å². The van der Waals surface area contributed by atoms with Crippen molar-refractivity contribution < 1.29 is 0 Å². The van der Waals surface area contributed by atoms with Crippen molar-refractivity contribution in [3.63, 3.8) is 0 Å². The monoisotopic (exact) mass is 249 g/mol. The summed E-state index contributed by atoms with van der Waals surface area (Å²) >= 11 is 5.77. The van der Waals surface area contributed by atoms with Crippen LogP contribution in [0.4, 0.5) is 0 Å². The molecule has 0 aromatic heterocycles. The zero-order valence-electron chi connectivity index (χ0n) is 10.8. The average Bonchev–Trinajstić information content (AvgIpc) is 2.28. The van der Waals surface area contributed by atoms with Crippen molar-refractivity contribution in [3.05, 3.63) is 48.2 Å². The predicted octanol–water partition coefficient (Wildman–Crippen LogP) is 4.67. The number of hydrogen-bond donors (Lipinski definition) is 0. The number of halogens is 1. The number of allylic oxidation sites excluding steroid dienone is 6. The fraction of sp³-hybridized carbons (Fsp3) is 0.400. The maximum absolute atomic E-state index is 5.77. The van der Waals surface area contributed by atoms with E-state index in [-0.39, 0.29) is 5.41 Å². The Hall–Kier alpha value is -1.08. The number of aliphatic imine (C=N–C) groups is 1. The van der Waals surface area contributed by atoms with Crippen LogP contribution in [0.15, 0.2) is 53.2 Å². The van der Waals surface area contributed by atoms with Crippen molar-refractivity contribution in [2.24, 2.45) is 10.4 Å². The molecule has 0 amide bonds. The molecule has 0 N–H and O–H groups in total. The van der Waals surface area contributed by atoms with Gasteiger partial charge in [-0.1, -0.05) is 45.6 Å². The predicted molar refractivity (Wildman–Crippen MR) is 77.7 cm³/mol. The summed E-state index contributed by atoms with van der Waals surface area (Å²) in [5.41, 5.74) is 3.30. The van der Waals surface area contributed by atoms with Crippen LogP contribution in [0.25, 0.3) is 0 Å². The van der Waals surface area contributed by atoms with Gasteiger partial charge in [-0.3, -0.25) is 4.99 Å². The Bertz CT molecular complexity index is 403. The SMILES string of the molecule is C=C/C(=C\C=C1/CC=CC(CCl)=N1)C(C)(C)C. The van der Waals surface area contributed by atoms with Crippen LogP contribution in [0, 0.1) is 5.41 Å². The molecule has 1 aliphatic heterocycles. The third kappa shape index (κ3) is 4.35. The molecule has 1 heterocycles. The minimum atomic E-state index is 0.113. The largest absolute Gasteiger partial charge is 0.256 e. The second-order valence-corrected chi connectivity index (χ2v) is 5.34. The normalized spacial score (nSPS) is 19.4. The van der Waals surface area contributed by atoms with Crippen LogP contribution in [0.2, 0.25) is 0 Å². The molecule has 1 aliphatic rings. The molecule has 2 heteroatoms. The van der Waals surface area contributed by atoms with Crippen molar-refractivity contribution in [3.8, 4) is 0 Å². The lowest BCUT2D eigenvalue weighted by Gasteiger charge is -2.19. The zero-order valence-corrected chi connectivity index (χ0v) is 11.6. The first kappa shape index (κ1) is 14.0. The number of hydrogen-bond acceptors (Lipinski definition) is 1. The molecule has 0 unspecified atom stereocenters. The van der Waals surface area contributed by atoms with Gasteiger partial charge >= 0.3 is 0 Å². The van der Waals surface area contributed by atoms with E-state index in [0.29, 0.717) is 5.88 Å². The van der Waals surface area contributed by atoms with Crippen LogP contribution in [0.3, 0.4) is 0 Å². The second-order valence-electron chi connectivity index (χ2n) is 5.08. The molecule has 0 radical (unpaired) electrons. The first-order valence-electron chi connectivity index (χ1n) is 5.81. The Labute approximate surface area is 109 Å². The lowest BCUT2D eigenvalue weighted by Crippen LogP contribution is -2.07. The van der Waals surface area contributed by atoms with Gasteiger partial charge in [0.1, 0.15) is 0 Å². The molecule has 92 valence electrons. The Balaban J connectivity index is 2.90. The maximum atomic E-state index is 5.77. The second kappa shape index (κ2) is 6.02. The summed E-state index contributed by atoms with van der Waals surface area (Å²) in [5, 5.41) is 0. The topological polar surface area (TPSA) is 12.4 Å². The number of dihydropyridines is 1. The lowest BCUT2D eigenvalue weighted by molar-refractivity contribution is 0.517. The van der Waals surface area contributed by atoms with E-state index in [1.807, 2.05) is 12.2 Å². The van der Waals surface area contributed by atoms with Gasteiger partial charge in [0.15, 0.2) is 0 Å². The summed E-state index contributed by atoms with van der Waals surface area (Å²) in [5.74, 6) is 0.463. The highest BCUT2D eigenvalue weighted by molar-refractivity contribution is 6.30. The highest BCUT2D eigenvalue weighted by atomic mass is 35.5. The fourth-order valence-corrected chi connectivity index (χ4v) is 1.72. The summed E-state index contributed by atoms with van der Waals surface area (Å²) in [7, 11) is 0. The molecule has 0 aliphatic carbocycles. The molecule has 0 aromatic rings. The zero-order chi connectivity index (χ0) is 12.9. The Morgan fingerprint density at radius 3 is 2.76 bits per heavy atom. The molecule has 0 spiro atoms. The molecular formula is C15H20ClN. The van der Waals surface area contributed by atoms with E-state index in [9.17, 15) is 0 Å². The van der Waals surface area contributed by atoms with Gasteiger partial charge in [-0.25, -0.2) is 0 Å². The molecule has 0 bridgehead atoms. The first-order chi connectivity index (χ1) is 7.97. The van der Waals surface area contributed by atoms with Gasteiger partial charge in [-0.05, 0) is 23.1 Å². The third-order valence-electron chi connectivity index (χ3n) is 2.60. The van der Waals surface area contributed by atoms with Crippen LogP contribution < -0.4 is 0 Å². The van der Waals surface area contributed by atoms with Gasteiger partial charge in [0, 0.05) is 12.1 Å². The molecule has 1 nitrogen and oxygen atoms in total. The Kier molecular flexibility index (Phi) is 4.95. The Morgan fingerprint density at radius 1 is 1.53 bits per heavy atom. The number of alkyl halides is 1. The van der Waals surface area contributed by atoms with E-state index in [4.69, 9.17) is 11.6 Å². The molecule has 0 atom stereocenters. The number of rotatable bonds is 3. The molecule has 0 saturated carbocycles. The Morgan fingerprint density at radius 2 is 2.24 bits per heavy atom. The first-order valence-corrected chi connectivity index (χ1v) is 6.34. The average molecular weight is 250 g/mol. The van der Waals surface area contributed by atoms with E-state index >= 15 is 0 Å². The quantitative estimate of drug-likeness (QED) is 0.509. The standard InChI is InChI=1S/C15H20ClN/c1-5-12(15(2,3)4)9-10-13-7-6-8-14(11-16)17-13/h5-6,8-10H,1,7,11H2,2-4H3/b12-9+,13-10+. The molecule has 0 saturated heterocycles. The van der Waals surface area contributed by atoms with E-state index in [1.54, 1.807) is 0 Å². The van der Waals surface area contributed by atoms with Crippen LogP contribution in [-0.4, -0.2) is 11.6 Å². The summed E-state index contributed by atoms with van der Waals surface area (Å²) < 4.78 is 0. The molecule has 0 aromatic carbocycles. The van der Waals surface area contributed by atoms with Crippen molar-refractivity contribution in [2.45, 2.75) is 27.2 Å². The third-order valence-corrected chi connectivity index (χ3v) is 2.88. The van der Waals surface area contributed by atoms with Crippen molar-refractivity contribution in [1.29, 1.82) is 0 Å². The van der Waals surface area contributed by atoms with Gasteiger partial charge < -0.3 is 0 Å². The maximum Gasteiger partial charge on any atom is 0.0647 e. The molecule has 0 fully saturated rings. The molecule has 1 rings (SSSR count). The lowest BCUT2D eigenvalue weighted by atomic mass is 9.86. The molecule has 17 heavy (non-hydrogen) atoms. The van der Waals surface area contributed by atoms with Crippen LogP contribution in [-0.2, 0) is 0 Å². The minimum Gasteiger partial charge on any atom is -0.256 e. The summed E-state index contributed by atoms with van der Waals surface area (Å²) in [6, 6.07) is 0. The van der Waals surface area contributed by atoms with Gasteiger partial charge in [-0.2, -0.15) is 0 Å². The minimum absolute atomic E-state index is 0.113. The van der Waals surface area contributed by atoms with Crippen LogP contribution in [0.1, 0.15) is 27.2 Å². The fourth-order valence-electron chi connectivity index (χ4n) is 1.57. The number of nitrogens with zero attached hydrogens (tertiary/aromatic N) is 1. The van der Waals surface area contributed by atoms with E-state index < -0.39 is 0 Å². The van der Waals surface area contributed by atoms with Gasteiger partial charge in [0.05, 0.1) is 11.6 Å². The summed E-state index contributed by atoms with van der Waals surface area (Å²) in [6.45, 7) is 10.4. The summed E-state index contributed by atoms with van der Waals surface area (Å²) in [6.07, 6.45) is 11.0.